The minimum atomic E-state index is -0.593. The number of rotatable bonds is 7. The molecule has 166 valence electrons. The fourth-order valence-corrected chi connectivity index (χ4v) is 3.68. The first-order valence-corrected chi connectivity index (χ1v) is 10.4. The molecule has 7 heteroatoms. The van der Waals surface area contributed by atoms with Crippen molar-refractivity contribution >= 4 is 17.6 Å². The first-order valence-electron chi connectivity index (χ1n) is 10.1. The van der Waals surface area contributed by atoms with Crippen LogP contribution in [0, 0.1) is 23.0 Å². The number of hydrogen-bond donors (Lipinski definition) is 0. The lowest BCUT2D eigenvalue weighted by molar-refractivity contribution is -0.147. The summed E-state index contributed by atoms with van der Waals surface area (Å²) in [5.74, 6) is -1.58. The summed E-state index contributed by atoms with van der Waals surface area (Å²) < 4.78 is 44.9. The van der Waals surface area contributed by atoms with Gasteiger partial charge in [0.2, 0.25) is 0 Å². The van der Waals surface area contributed by atoms with Gasteiger partial charge in [0.25, 0.3) is 0 Å². The van der Waals surface area contributed by atoms with Crippen LogP contribution in [0.25, 0.3) is 0 Å². The van der Waals surface area contributed by atoms with Gasteiger partial charge in [-0.15, -0.1) is 0 Å². The lowest BCUT2D eigenvalue weighted by atomic mass is 10.1. The molecule has 0 saturated heterocycles. The average molecular weight is 459 g/mol. The number of benzene rings is 3. The minimum absolute atomic E-state index is 0.0315. The van der Waals surface area contributed by atoms with E-state index in [0.717, 1.165) is 6.07 Å². The molecular formula is C25H21ClF2O4. The molecule has 0 aliphatic heterocycles. The van der Waals surface area contributed by atoms with Crippen LogP contribution in [0.4, 0.5) is 8.78 Å². The van der Waals surface area contributed by atoms with Gasteiger partial charge < -0.3 is 14.2 Å². The van der Waals surface area contributed by atoms with E-state index in [9.17, 15) is 13.6 Å². The predicted octanol–water partition coefficient (Wildman–Crippen LogP) is 6.56. The first kappa shape index (κ1) is 22.1. The molecule has 1 aliphatic carbocycles. The Bertz CT molecular complexity index is 1130. The highest BCUT2D eigenvalue weighted by Gasteiger charge is 2.65. The van der Waals surface area contributed by atoms with Crippen molar-refractivity contribution in [2.45, 2.75) is 26.6 Å². The zero-order valence-corrected chi connectivity index (χ0v) is 18.2. The van der Waals surface area contributed by atoms with Gasteiger partial charge in [-0.05, 0) is 48.0 Å². The van der Waals surface area contributed by atoms with E-state index in [2.05, 4.69) is 0 Å². The molecule has 0 radical (unpaired) electrons. The van der Waals surface area contributed by atoms with Crippen LogP contribution in [0.2, 0.25) is 5.02 Å². The normalized spacial score (nSPS) is 18.7. The molecule has 3 aromatic rings. The number of hydrogen-bond acceptors (Lipinski definition) is 4. The van der Waals surface area contributed by atoms with Crippen LogP contribution < -0.4 is 9.47 Å². The largest absolute Gasteiger partial charge is 0.486 e. The lowest BCUT2D eigenvalue weighted by Gasteiger charge is -2.10. The predicted molar refractivity (Wildman–Crippen MR) is 116 cm³/mol. The van der Waals surface area contributed by atoms with Crippen LogP contribution in [0.5, 0.6) is 17.2 Å². The third-order valence-corrected chi connectivity index (χ3v) is 5.71. The smallest absolute Gasteiger partial charge is 0.313 e. The maximum Gasteiger partial charge on any atom is 0.313 e. The molecule has 0 amide bonds. The highest BCUT2D eigenvalue weighted by atomic mass is 35.5. The summed E-state index contributed by atoms with van der Waals surface area (Å²) >= 11 is 5.77. The Morgan fingerprint density at radius 3 is 2.44 bits per heavy atom. The fourth-order valence-electron chi connectivity index (χ4n) is 3.52. The SMILES string of the molecule is CC1(C)C(Oc2ccc(Cl)cc2F)C1C(=O)OCc1ccc(F)c(Oc2ccccc2)c1. The minimum Gasteiger partial charge on any atom is -0.486 e. The standard InChI is InChI=1S/C25H21ClF2O4/c1-25(2)22(23(25)32-20-11-9-16(26)13-19(20)28)24(29)30-14-15-8-10-18(27)21(12-15)31-17-6-4-3-5-7-17/h3-13,22-23H,14H2,1-2H3. The van der Waals surface area contributed by atoms with Gasteiger partial charge in [0.1, 0.15) is 24.4 Å². The molecule has 4 rings (SSSR count). The van der Waals surface area contributed by atoms with E-state index in [1.807, 2.05) is 19.9 Å². The molecule has 1 saturated carbocycles. The molecule has 3 aromatic carbocycles. The van der Waals surface area contributed by atoms with E-state index in [0.29, 0.717) is 11.3 Å². The molecule has 0 bridgehead atoms. The van der Waals surface area contributed by atoms with Crippen LogP contribution in [0.15, 0.2) is 66.7 Å². The monoisotopic (exact) mass is 458 g/mol. The zero-order valence-electron chi connectivity index (χ0n) is 17.5. The second-order valence-electron chi connectivity index (χ2n) is 8.20. The average Bonchev–Trinajstić information content (AvgIpc) is 3.31. The molecule has 0 heterocycles. The topological polar surface area (TPSA) is 44.8 Å². The van der Waals surface area contributed by atoms with Crippen molar-refractivity contribution in [2.75, 3.05) is 0 Å². The van der Waals surface area contributed by atoms with E-state index in [1.165, 1.54) is 30.3 Å². The Hall–Kier alpha value is -3.12. The Labute approximate surface area is 189 Å². The Balaban J connectivity index is 1.38. The van der Waals surface area contributed by atoms with Crippen LogP contribution in [-0.4, -0.2) is 12.1 Å². The highest BCUT2D eigenvalue weighted by Crippen LogP contribution is 2.55. The summed E-state index contributed by atoms with van der Waals surface area (Å²) in [4.78, 5) is 12.7. The highest BCUT2D eigenvalue weighted by molar-refractivity contribution is 6.30. The molecular weight excluding hydrogens is 438 g/mol. The quantitative estimate of drug-likeness (QED) is 0.376. The van der Waals surface area contributed by atoms with Gasteiger partial charge in [-0.1, -0.05) is 49.7 Å². The second kappa shape index (κ2) is 8.79. The number of carbonyl (C=O) groups is 1. The van der Waals surface area contributed by atoms with Crippen molar-refractivity contribution in [1.29, 1.82) is 0 Å². The molecule has 0 N–H and O–H groups in total. The van der Waals surface area contributed by atoms with Crippen molar-refractivity contribution in [1.82, 2.24) is 0 Å². The maximum atomic E-state index is 14.1. The maximum absolute atomic E-state index is 14.1. The van der Waals surface area contributed by atoms with E-state index in [-0.39, 0.29) is 23.1 Å². The Morgan fingerprint density at radius 2 is 1.72 bits per heavy atom. The van der Waals surface area contributed by atoms with Gasteiger partial charge in [-0.3, -0.25) is 4.79 Å². The van der Waals surface area contributed by atoms with Gasteiger partial charge in [0.05, 0.1) is 0 Å². The molecule has 4 nitrogen and oxygen atoms in total. The van der Waals surface area contributed by atoms with Crippen LogP contribution in [0.1, 0.15) is 19.4 Å². The summed E-state index contributed by atoms with van der Waals surface area (Å²) in [6.07, 6.45) is -0.532. The third-order valence-electron chi connectivity index (χ3n) is 5.48. The van der Waals surface area contributed by atoms with Gasteiger partial charge in [0, 0.05) is 10.4 Å². The van der Waals surface area contributed by atoms with Crippen molar-refractivity contribution in [3.63, 3.8) is 0 Å². The van der Waals surface area contributed by atoms with Crippen LogP contribution >= 0.6 is 11.6 Å². The molecule has 2 atom stereocenters. The molecule has 0 aromatic heterocycles. The fraction of sp³-hybridized carbons (Fsp3) is 0.240. The Morgan fingerprint density at radius 1 is 0.969 bits per heavy atom. The summed E-state index contributed by atoms with van der Waals surface area (Å²) in [5.41, 5.74) is 0.0541. The van der Waals surface area contributed by atoms with E-state index in [1.54, 1.807) is 24.3 Å². The van der Waals surface area contributed by atoms with Crippen molar-refractivity contribution in [3.8, 4) is 17.2 Å². The molecule has 2 unspecified atom stereocenters. The van der Waals surface area contributed by atoms with Gasteiger partial charge in [-0.25, -0.2) is 8.78 Å². The summed E-state index contributed by atoms with van der Waals surface area (Å²) in [6, 6.07) is 17.2. The van der Waals surface area contributed by atoms with E-state index in [4.69, 9.17) is 25.8 Å². The zero-order chi connectivity index (χ0) is 22.9. The number of carbonyl (C=O) groups excluding carboxylic acids is 1. The second-order valence-corrected chi connectivity index (χ2v) is 8.64. The number of para-hydroxylation sites is 1. The summed E-state index contributed by atoms with van der Waals surface area (Å²) in [6.45, 7) is 3.64. The summed E-state index contributed by atoms with van der Waals surface area (Å²) in [7, 11) is 0. The first-order chi connectivity index (χ1) is 15.3. The van der Waals surface area contributed by atoms with E-state index < -0.39 is 35.0 Å². The molecule has 0 spiro atoms. The summed E-state index contributed by atoms with van der Waals surface area (Å²) in [5, 5.41) is 0.260. The third kappa shape index (κ3) is 4.70. The van der Waals surface area contributed by atoms with Crippen molar-refractivity contribution in [3.05, 3.63) is 89.0 Å². The van der Waals surface area contributed by atoms with Gasteiger partial charge in [0.15, 0.2) is 23.1 Å². The van der Waals surface area contributed by atoms with Gasteiger partial charge >= 0.3 is 5.97 Å². The number of ether oxygens (including phenoxy) is 3. The Kier molecular flexibility index (Phi) is 6.07. The lowest BCUT2D eigenvalue weighted by Crippen LogP contribution is -2.13. The molecule has 1 fully saturated rings. The number of halogens is 3. The van der Waals surface area contributed by atoms with Crippen LogP contribution in [-0.2, 0) is 16.1 Å². The van der Waals surface area contributed by atoms with E-state index >= 15 is 0 Å². The van der Waals surface area contributed by atoms with Crippen molar-refractivity contribution < 1.29 is 27.8 Å². The molecule has 32 heavy (non-hydrogen) atoms. The van der Waals surface area contributed by atoms with Gasteiger partial charge in [-0.2, -0.15) is 0 Å². The molecule has 1 aliphatic rings. The van der Waals surface area contributed by atoms with Crippen LogP contribution in [0.3, 0.4) is 0 Å². The number of esters is 1. The van der Waals surface area contributed by atoms with Crippen molar-refractivity contribution in [2.24, 2.45) is 11.3 Å².